The van der Waals surface area contributed by atoms with Gasteiger partial charge in [-0.1, -0.05) is 30.3 Å². The number of esters is 2. The molecule has 0 saturated heterocycles. The Kier molecular flexibility index (Phi) is 7.97. The molecule has 0 bridgehead atoms. The summed E-state index contributed by atoms with van der Waals surface area (Å²) in [7, 11) is 0. The van der Waals surface area contributed by atoms with Gasteiger partial charge in [-0.2, -0.15) is 4.73 Å². The van der Waals surface area contributed by atoms with E-state index < -0.39 is 23.9 Å². The molecule has 1 atom stereocenters. The van der Waals surface area contributed by atoms with Crippen LogP contribution in [-0.4, -0.2) is 42.0 Å². The normalized spacial score (nSPS) is 13.9. The van der Waals surface area contributed by atoms with Gasteiger partial charge in [0.2, 0.25) is 0 Å². The Labute approximate surface area is 212 Å². The molecule has 1 aliphatic heterocycles. The summed E-state index contributed by atoms with van der Waals surface area (Å²) in [5.74, 6) is -1.78. The van der Waals surface area contributed by atoms with Crippen molar-refractivity contribution in [3.8, 4) is 0 Å². The highest BCUT2D eigenvalue weighted by molar-refractivity contribution is 7.17. The zero-order valence-electron chi connectivity index (χ0n) is 20.1. The highest BCUT2D eigenvalue weighted by Crippen LogP contribution is 2.38. The molecule has 0 aliphatic carbocycles. The predicted octanol–water partition coefficient (Wildman–Crippen LogP) is 3.30. The first-order valence-electron chi connectivity index (χ1n) is 11.6. The van der Waals surface area contributed by atoms with E-state index >= 15 is 0 Å². The Morgan fingerprint density at radius 2 is 1.86 bits per heavy atom. The van der Waals surface area contributed by atoms with Crippen LogP contribution in [0.4, 0.5) is 5.00 Å². The van der Waals surface area contributed by atoms with Gasteiger partial charge in [0.15, 0.2) is 18.5 Å². The van der Waals surface area contributed by atoms with Crippen molar-refractivity contribution in [2.45, 2.75) is 39.5 Å². The Bertz CT molecular complexity index is 1240. The van der Waals surface area contributed by atoms with E-state index in [0.29, 0.717) is 28.3 Å². The highest BCUT2D eigenvalue weighted by Gasteiger charge is 2.31. The van der Waals surface area contributed by atoms with Crippen LogP contribution in [0.25, 0.3) is 0 Å². The van der Waals surface area contributed by atoms with Gasteiger partial charge in [-0.05, 0) is 31.4 Å². The minimum absolute atomic E-state index is 0.152. The number of nitrogens with zero attached hydrogens (tertiary/aromatic N) is 2. The molecule has 10 heteroatoms. The van der Waals surface area contributed by atoms with E-state index in [-0.39, 0.29) is 12.2 Å². The van der Waals surface area contributed by atoms with E-state index in [9.17, 15) is 19.6 Å². The molecule has 1 aliphatic rings. The molecule has 9 nitrogen and oxygen atoms in total. The molecule has 2 aromatic heterocycles. The van der Waals surface area contributed by atoms with Gasteiger partial charge in [-0.15, -0.1) is 11.3 Å². The first-order chi connectivity index (χ1) is 17.4. The van der Waals surface area contributed by atoms with Crippen LogP contribution in [0.15, 0.2) is 54.9 Å². The van der Waals surface area contributed by atoms with Gasteiger partial charge in [0, 0.05) is 36.6 Å². The molecule has 36 heavy (non-hydrogen) atoms. The molecule has 188 valence electrons. The lowest BCUT2D eigenvalue weighted by Gasteiger charge is -2.27. The molecule has 0 saturated carbocycles. The molecule has 0 spiro atoms. The molecular formula is C26H27N3O6S. The Hall–Kier alpha value is -3.76. The zero-order valence-corrected chi connectivity index (χ0v) is 20.9. The van der Waals surface area contributed by atoms with Gasteiger partial charge in [-0.3, -0.25) is 9.69 Å². The van der Waals surface area contributed by atoms with E-state index in [1.807, 2.05) is 18.2 Å². The monoisotopic (exact) mass is 509 g/mol. The number of carbonyl (C=O) groups is 3. The molecule has 1 amide bonds. The van der Waals surface area contributed by atoms with Gasteiger partial charge in [0.1, 0.15) is 5.00 Å². The quantitative estimate of drug-likeness (QED) is 0.282. The number of thiophene rings is 1. The van der Waals surface area contributed by atoms with E-state index in [4.69, 9.17) is 9.47 Å². The van der Waals surface area contributed by atoms with Crippen LogP contribution in [0.5, 0.6) is 0 Å². The Morgan fingerprint density at radius 1 is 1.14 bits per heavy atom. The summed E-state index contributed by atoms with van der Waals surface area (Å²) in [6.45, 7) is 5.60. The average molecular weight is 510 g/mol. The number of nitrogens with one attached hydrogen (secondary N) is 1. The molecule has 0 radical (unpaired) electrons. The van der Waals surface area contributed by atoms with Crippen LogP contribution in [0, 0.1) is 5.21 Å². The number of hydrogen-bond donors (Lipinski definition) is 1. The van der Waals surface area contributed by atoms with Gasteiger partial charge >= 0.3 is 11.9 Å². The summed E-state index contributed by atoms with van der Waals surface area (Å²) in [6, 6.07) is 12.8. The fraction of sp³-hybridized carbons (Fsp3) is 0.308. The van der Waals surface area contributed by atoms with Crippen molar-refractivity contribution in [2.75, 3.05) is 18.5 Å². The minimum atomic E-state index is -1.12. The number of pyridine rings is 1. The fourth-order valence-electron chi connectivity index (χ4n) is 3.98. The highest BCUT2D eigenvalue weighted by atomic mass is 32.1. The summed E-state index contributed by atoms with van der Waals surface area (Å²) in [4.78, 5) is 41.3. The van der Waals surface area contributed by atoms with Crippen molar-refractivity contribution in [3.63, 3.8) is 0 Å². The van der Waals surface area contributed by atoms with E-state index in [0.717, 1.165) is 23.5 Å². The van der Waals surface area contributed by atoms with Crippen LogP contribution >= 0.6 is 11.3 Å². The second kappa shape index (κ2) is 11.3. The Balaban J connectivity index is 1.49. The second-order valence-electron chi connectivity index (χ2n) is 8.36. The maximum absolute atomic E-state index is 12.9. The zero-order chi connectivity index (χ0) is 25.7. The summed E-state index contributed by atoms with van der Waals surface area (Å²) >= 11 is 1.34. The number of anilines is 1. The van der Waals surface area contributed by atoms with Gasteiger partial charge in [-0.25, -0.2) is 9.59 Å². The number of amides is 1. The molecule has 0 fully saturated rings. The number of hydrogen-bond acceptors (Lipinski definition) is 8. The van der Waals surface area contributed by atoms with E-state index in [2.05, 4.69) is 22.3 Å². The molecule has 1 N–H and O–H groups in total. The predicted molar refractivity (Wildman–Crippen MR) is 133 cm³/mol. The number of fused-ring (bicyclic) bond motifs is 1. The van der Waals surface area contributed by atoms with Crippen LogP contribution in [-0.2, 0) is 33.8 Å². The molecule has 0 unspecified atom stereocenters. The van der Waals surface area contributed by atoms with Crippen LogP contribution in [0.3, 0.4) is 0 Å². The van der Waals surface area contributed by atoms with Crippen LogP contribution in [0.1, 0.15) is 50.6 Å². The lowest BCUT2D eigenvalue weighted by molar-refractivity contribution is -0.605. The van der Waals surface area contributed by atoms with E-state index in [1.165, 1.54) is 48.4 Å². The summed E-state index contributed by atoms with van der Waals surface area (Å²) in [5, 5.41) is 14.3. The largest absolute Gasteiger partial charge is 0.619 e. The summed E-state index contributed by atoms with van der Waals surface area (Å²) in [5.41, 5.74) is 2.61. The molecule has 4 rings (SSSR count). The van der Waals surface area contributed by atoms with Crippen molar-refractivity contribution in [2.24, 2.45) is 0 Å². The lowest BCUT2D eigenvalue weighted by atomic mass is 10.0. The number of ether oxygens (including phenoxy) is 2. The lowest BCUT2D eigenvalue weighted by Crippen LogP contribution is -2.31. The topological polar surface area (TPSA) is 112 Å². The maximum Gasteiger partial charge on any atom is 0.341 e. The Morgan fingerprint density at radius 3 is 2.56 bits per heavy atom. The third-order valence-electron chi connectivity index (χ3n) is 5.79. The third-order valence-corrected chi connectivity index (χ3v) is 6.92. The van der Waals surface area contributed by atoms with Crippen molar-refractivity contribution in [1.82, 2.24) is 4.90 Å². The first-order valence-corrected chi connectivity index (χ1v) is 12.5. The fourth-order valence-corrected chi connectivity index (χ4v) is 5.27. The smallest absolute Gasteiger partial charge is 0.341 e. The van der Waals surface area contributed by atoms with E-state index in [1.54, 1.807) is 6.92 Å². The summed E-state index contributed by atoms with van der Waals surface area (Å²) < 4.78 is 11.1. The van der Waals surface area contributed by atoms with Crippen molar-refractivity contribution in [3.05, 3.63) is 87.2 Å². The first kappa shape index (κ1) is 25.3. The maximum atomic E-state index is 12.9. The average Bonchev–Trinajstić information content (AvgIpc) is 3.22. The molecule has 1 aromatic carbocycles. The third kappa shape index (κ3) is 5.89. The summed E-state index contributed by atoms with van der Waals surface area (Å²) in [6.07, 6.45) is 1.87. The minimum Gasteiger partial charge on any atom is -0.619 e. The molecule has 3 heterocycles. The second-order valence-corrected chi connectivity index (χ2v) is 9.46. The SMILES string of the molecule is CCOC(=O)c1c(NC(=O)[C@H](C)OC(=O)c2cc[n+]([O-])cc2)sc2c1CCN(Cc1ccccc1)C2. The molecular weight excluding hydrogens is 482 g/mol. The van der Waals surface area contributed by atoms with Crippen molar-refractivity contribution < 1.29 is 28.6 Å². The number of benzene rings is 1. The van der Waals surface area contributed by atoms with Gasteiger partial charge < -0.3 is 20.0 Å². The van der Waals surface area contributed by atoms with Crippen molar-refractivity contribution >= 4 is 34.2 Å². The van der Waals surface area contributed by atoms with Gasteiger partial charge in [0.05, 0.1) is 17.7 Å². The van der Waals surface area contributed by atoms with Gasteiger partial charge in [0.25, 0.3) is 5.91 Å². The van der Waals surface area contributed by atoms with Crippen LogP contribution in [0.2, 0.25) is 0 Å². The number of rotatable bonds is 8. The molecule has 3 aromatic rings. The standard InChI is InChI=1S/C26H27N3O6S/c1-3-34-26(32)22-20-11-12-28(15-18-7-5-4-6-8-18)16-21(20)36-24(22)27-23(30)17(2)35-25(31)19-9-13-29(33)14-10-19/h4-10,13-14,17H,3,11-12,15-16H2,1-2H3,(H,27,30)/t17-/m0/s1. The number of aromatic nitrogens is 1. The number of carbonyl (C=O) groups excluding carboxylic acids is 3. The van der Waals surface area contributed by atoms with Crippen molar-refractivity contribution in [1.29, 1.82) is 0 Å². The van der Waals surface area contributed by atoms with Crippen LogP contribution < -0.4 is 10.0 Å².